The summed E-state index contributed by atoms with van der Waals surface area (Å²) < 4.78 is 0. The average Bonchev–Trinajstić information content (AvgIpc) is 3.18. The number of benzene rings is 2. The van der Waals surface area contributed by atoms with Gasteiger partial charge in [0.1, 0.15) is 6.54 Å². The molecule has 31 heavy (non-hydrogen) atoms. The highest BCUT2D eigenvalue weighted by atomic mass is 32.1. The van der Waals surface area contributed by atoms with Gasteiger partial charge in [0.2, 0.25) is 5.91 Å². The van der Waals surface area contributed by atoms with Crippen LogP contribution < -0.4 is 0 Å². The predicted octanol–water partition coefficient (Wildman–Crippen LogP) is 5.45. The van der Waals surface area contributed by atoms with Crippen LogP contribution in [0.25, 0.3) is 0 Å². The minimum absolute atomic E-state index is 0.0365. The van der Waals surface area contributed by atoms with Gasteiger partial charge in [0.25, 0.3) is 5.91 Å². The average molecular weight is 435 g/mol. The summed E-state index contributed by atoms with van der Waals surface area (Å²) in [5, 5.41) is 2.06. The van der Waals surface area contributed by atoms with Gasteiger partial charge >= 0.3 is 0 Å². The highest BCUT2D eigenvalue weighted by Gasteiger charge is 2.23. The van der Waals surface area contributed by atoms with Gasteiger partial charge in [-0.25, -0.2) is 0 Å². The van der Waals surface area contributed by atoms with E-state index < -0.39 is 0 Å². The zero-order valence-electron chi connectivity index (χ0n) is 18.5. The van der Waals surface area contributed by atoms with E-state index in [0.29, 0.717) is 25.2 Å². The zero-order valence-corrected chi connectivity index (χ0v) is 19.3. The Hall–Kier alpha value is -2.92. The molecule has 0 fully saturated rings. The number of aryl methyl sites for hydroxylation is 2. The second kappa shape index (κ2) is 10.9. The number of amides is 2. The Morgan fingerprint density at radius 3 is 2.19 bits per heavy atom. The lowest BCUT2D eigenvalue weighted by Gasteiger charge is -2.28. The first-order valence-corrected chi connectivity index (χ1v) is 11.6. The molecular formula is C26H30N2O2S. The SMILES string of the molecule is CCCN(CC(=O)N(Cc1ccccc1)Cc1sccc1C)C(=O)c1ccc(C)cc1. The van der Waals surface area contributed by atoms with Crippen LogP contribution in [0.3, 0.4) is 0 Å². The molecule has 0 radical (unpaired) electrons. The van der Waals surface area contributed by atoms with Crippen molar-refractivity contribution in [3.8, 4) is 0 Å². The maximum absolute atomic E-state index is 13.4. The molecule has 4 nitrogen and oxygen atoms in total. The Kier molecular flexibility index (Phi) is 8.01. The lowest BCUT2D eigenvalue weighted by atomic mass is 10.1. The summed E-state index contributed by atoms with van der Waals surface area (Å²) in [5.41, 5.74) is 4.00. The third-order valence-corrected chi connectivity index (χ3v) is 6.28. The lowest BCUT2D eigenvalue weighted by molar-refractivity contribution is -0.133. The van der Waals surface area contributed by atoms with Gasteiger partial charge in [0, 0.05) is 23.5 Å². The molecule has 0 N–H and O–H groups in total. The Morgan fingerprint density at radius 2 is 1.58 bits per heavy atom. The fourth-order valence-corrected chi connectivity index (χ4v) is 4.36. The molecule has 2 aromatic carbocycles. The molecular weight excluding hydrogens is 404 g/mol. The highest BCUT2D eigenvalue weighted by molar-refractivity contribution is 7.10. The standard InChI is InChI=1S/C26H30N2O2S/c1-4-15-27(26(30)23-12-10-20(2)11-13-23)19-25(29)28(17-22-8-6-5-7-9-22)18-24-21(3)14-16-31-24/h5-14,16H,4,15,17-19H2,1-3H3. The fourth-order valence-electron chi connectivity index (χ4n) is 3.44. The van der Waals surface area contributed by atoms with Crippen molar-refractivity contribution in [1.29, 1.82) is 0 Å². The van der Waals surface area contributed by atoms with Crippen LogP contribution in [0.15, 0.2) is 66.0 Å². The van der Waals surface area contributed by atoms with Crippen LogP contribution in [0.5, 0.6) is 0 Å². The molecule has 1 aromatic heterocycles. The predicted molar refractivity (Wildman–Crippen MR) is 127 cm³/mol. The van der Waals surface area contributed by atoms with Crippen LogP contribution in [0.4, 0.5) is 0 Å². The molecule has 0 atom stereocenters. The molecule has 3 rings (SSSR count). The molecule has 0 aliphatic heterocycles. The van der Waals surface area contributed by atoms with Gasteiger partial charge in [0.05, 0.1) is 6.54 Å². The topological polar surface area (TPSA) is 40.6 Å². The highest BCUT2D eigenvalue weighted by Crippen LogP contribution is 2.20. The summed E-state index contributed by atoms with van der Waals surface area (Å²) in [6, 6.07) is 19.6. The van der Waals surface area contributed by atoms with Gasteiger partial charge in [-0.15, -0.1) is 11.3 Å². The summed E-state index contributed by atoms with van der Waals surface area (Å²) in [6.07, 6.45) is 0.799. The summed E-state index contributed by atoms with van der Waals surface area (Å²) in [4.78, 5) is 31.2. The lowest BCUT2D eigenvalue weighted by Crippen LogP contribution is -2.42. The van der Waals surface area contributed by atoms with Gasteiger partial charge in [-0.05, 0) is 55.0 Å². The number of thiophene rings is 1. The third kappa shape index (κ3) is 6.28. The number of carbonyl (C=O) groups excluding carboxylic acids is 2. The normalized spacial score (nSPS) is 10.7. The number of rotatable bonds is 9. The van der Waals surface area contributed by atoms with Gasteiger partial charge in [-0.2, -0.15) is 0 Å². The Balaban J connectivity index is 1.79. The van der Waals surface area contributed by atoms with E-state index in [1.165, 1.54) is 10.4 Å². The number of hydrogen-bond donors (Lipinski definition) is 0. The Morgan fingerprint density at radius 1 is 0.871 bits per heavy atom. The van der Waals surface area contributed by atoms with E-state index in [0.717, 1.165) is 17.5 Å². The minimum atomic E-state index is -0.0952. The zero-order chi connectivity index (χ0) is 22.2. The monoisotopic (exact) mass is 434 g/mol. The molecule has 0 saturated heterocycles. The maximum Gasteiger partial charge on any atom is 0.254 e. The molecule has 0 bridgehead atoms. The minimum Gasteiger partial charge on any atom is -0.332 e. The van der Waals surface area contributed by atoms with E-state index in [2.05, 4.69) is 18.4 Å². The first-order valence-electron chi connectivity index (χ1n) is 10.7. The fraction of sp³-hybridized carbons (Fsp3) is 0.308. The molecule has 3 aromatic rings. The van der Waals surface area contributed by atoms with Gasteiger partial charge in [-0.3, -0.25) is 9.59 Å². The second-order valence-electron chi connectivity index (χ2n) is 7.85. The van der Waals surface area contributed by atoms with Gasteiger partial charge < -0.3 is 9.80 Å². The maximum atomic E-state index is 13.4. The van der Waals surface area contributed by atoms with Crippen molar-refractivity contribution >= 4 is 23.2 Å². The van der Waals surface area contributed by atoms with Crippen molar-refractivity contribution < 1.29 is 9.59 Å². The van der Waals surface area contributed by atoms with Crippen molar-refractivity contribution in [3.63, 3.8) is 0 Å². The van der Waals surface area contributed by atoms with Crippen LogP contribution in [0.2, 0.25) is 0 Å². The molecule has 2 amide bonds. The van der Waals surface area contributed by atoms with Crippen molar-refractivity contribution in [2.75, 3.05) is 13.1 Å². The van der Waals surface area contributed by atoms with Gasteiger partial charge in [-0.1, -0.05) is 55.0 Å². The summed E-state index contributed by atoms with van der Waals surface area (Å²) >= 11 is 1.67. The molecule has 5 heteroatoms. The van der Waals surface area contributed by atoms with Crippen LogP contribution in [-0.4, -0.2) is 34.7 Å². The molecule has 162 valence electrons. The van der Waals surface area contributed by atoms with Crippen molar-refractivity contribution in [2.45, 2.75) is 40.3 Å². The van der Waals surface area contributed by atoms with Crippen molar-refractivity contribution in [1.82, 2.24) is 9.80 Å². The summed E-state index contributed by atoms with van der Waals surface area (Å²) in [7, 11) is 0. The molecule has 0 saturated carbocycles. The number of carbonyl (C=O) groups is 2. The van der Waals surface area contributed by atoms with E-state index in [1.54, 1.807) is 16.2 Å². The second-order valence-corrected chi connectivity index (χ2v) is 8.86. The quantitative estimate of drug-likeness (QED) is 0.450. The van der Waals surface area contributed by atoms with Crippen LogP contribution in [0, 0.1) is 13.8 Å². The van der Waals surface area contributed by atoms with E-state index >= 15 is 0 Å². The van der Waals surface area contributed by atoms with Crippen LogP contribution in [0.1, 0.15) is 45.3 Å². The van der Waals surface area contributed by atoms with Gasteiger partial charge in [0.15, 0.2) is 0 Å². The van der Waals surface area contributed by atoms with Crippen LogP contribution >= 0.6 is 11.3 Å². The summed E-state index contributed by atoms with van der Waals surface area (Å²) in [6.45, 7) is 7.80. The number of nitrogens with zero attached hydrogens (tertiary/aromatic N) is 2. The van der Waals surface area contributed by atoms with E-state index in [9.17, 15) is 9.59 Å². The first kappa shape index (κ1) is 22.8. The first-order chi connectivity index (χ1) is 15.0. The van der Waals surface area contributed by atoms with E-state index in [1.807, 2.05) is 73.3 Å². The van der Waals surface area contributed by atoms with Crippen LogP contribution in [-0.2, 0) is 17.9 Å². The molecule has 0 unspecified atom stereocenters. The number of hydrogen-bond acceptors (Lipinski definition) is 3. The van der Waals surface area contributed by atoms with Crippen molar-refractivity contribution in [2.24, 2.45) is 0 Å². The summed E-state index contributed by atoms with van der Waals surface area (Å²) in [5.74, 6) is -0.132. The van der Waals surface area contributed by atoms with E-state index in [4.69, 9.17) is 0 Å². The molecule has 1 heterocycles. The molecule has 0 aliphatic carbocycles. The molecule has 0 spiro atoms. The largest absolute Gasteiger partial charge is 0.332 e. The molecule has 0 aliphatic rings. The smallest absolute Gasteiger partial charge is 0.254 e. The van der Waals surface area contributed by atoms with E-state index in [-0.39, 0.29) is 18.4 Å². The Bertz CT molecular complexity index is 996. The van der Waals surface area contributed by atoms with Crippen molar-refractivity contribution in [3.05, 3.63) is 93.2 Å². The third-order valence-electron chi connectivity index (χ3n) is 5.28. The Labute approximate surface area is 189 Å².